The molecule has 0 aromatic carbocycles. The molecule has 0 unspecified atom stereocenters. The summed E-state index contributed by atoms with van der Waals surface area (Å²) in [4.78, 5) is 21.4. The maximum Gasteiger partial charge on any atom is 0.508 e. The van der Waals surface area contributed by atoms with Crippen LogP contribution in [-0.4, -0.2) is 31.9 Å². The largest absolute Gasteiger partial charge is 0.508 e. The molecular formula is C10H16O5. The van der Waals surface area contributed by atoms with E-state index in [4.69, 9.17) is 4.74 Å². The van der Waals surface area contributed by atoms with Crippen LogP contribution in [-0.2, 0) is 19.0 Å². The van der Waals surface area contributed by atoms with E-state index in [-0.39, 0.29) is 13.2 Å². The van der Waals surface area contributed by atoms with Crippen molar-refractivity contribution in [1.82, 2.24) is 0 Å². The molecule has 0 atom stereocenters. The van der Waals surface area contributed by atoms with Crippen LogP contribution in [0.4, 0.5) is 4.79 Å². The molecule has 0 amide bonds. The highest BCUT2D eigenvalue weighted by Gasteiger charge is 2.03. The van der Waals surface area contributed by atoms with E-state index in [1.807, 2.05) is 6.92 Å². The topological polar surface area (TPSA) is 61.8 Å². The van der Waals surface area contributed by atoms with Crippen LogP contribution in [0.15, 0.2) is 12.7 Å². The summed E-state index contributed by atoms with van der Waals surface area (Å²) < 4.78 is 13.9. The smallest absolute Gasteiger partial charge is 0.459 e. The fourth-order valence-corrected chi connectivity index (χ4v) is 0.668. The lowest BCUT2D eigenvalue weighted by Gasteiger charge is -2.05. The van der Waals surface area contributed by atoms with Crippen molar-refractivity contribution in [2.45, 2.75) is 19.8 Å². The molecule has 0 radical (unpaired) electrons. The number of carbonyl (C=O) groups excluding carboxylic acids is 2. The van der Waals surface area contributed by atoms with E-state index < -0.39 is 12.1 Å². The SMILES string of the molecule is C=CC(=O)OCCOC(=O)OCCCC. The summed E-state index contributed by atoms with van der Waals surface area (Å²) in [5.41, 5.74) is 0. The third kappa shape index (κ3) is 8.80. The second-order valence-corrected chi connectivity index (χ2v) is 2.67. The highest BCUT2D eigenvalue weighted by Crippen LogP contribution is 1.91. The van der Waals surface area contributed by atoms with Crippen LogP contribution in [0.5, 0.6) is 0 Å². The van der Waals surface area contributed by atoms with Gasteiger partial charge in [-0.15, -0.1) is 0 Å². The van der Waals surface area contributed by atoms with E-state index in [2.05, 4.69) is 16.1 Å². The van der Waals surface area contributed by atoms with E-state index in [0.717, 1.165) is 18.9 Å². The summed E-state index contributed by atoms with van der Waals surface area (Å²) in [6.45, 7) is 5.55. The molecule has 15 heavy (non-hydrogen) atoms. The molecule has 0 aromatic rings. The van der Waals surface area contributed by atoms with Gasteiger partial charge in [0, 0.05) is 6.08 Å². The fourth-order valence-electron chi connectivity index (χ4n) is 0.668. The molecule has 0 aliphatic rings. The molecule has 0 aromatic heterocycles. The monoisotopic (exact) mass is 216 g/mol. The number of hydrogen-bond donors (Lipinski definition) is 0. The summed E-state index contributed by atoms with van der Waals surface area (Å²) >= 11 is 0. The van der Waals surface area contributed by atoms with Gasteiger partial charge in [0.2, 0.25) is 0 Å². The van der Waals surface area contributed by atoms with Gasteiger partial charge < -0.3 is 14.2 Å². The molecule has 86 valence electrons. The van der Waals surface area contributed by atoms with E-state index in [1.165, 1.54) is 0 Å². The van der Waals surface area contributed by atoms with Crippen LogP contribution >= 0.6 is 0 Å². The predicted molar refractivity (Wildman–Crippen MR) is 53.4 cm³/mol. The molecule has 0 aliphatic carbocycles. The maximum atomic E-state index is 10.8. The predicted octanol–water partition coefficient (Wildman–Crippen LogP) is 1.67. The Morgan fingerprint density at radius 3 is 2.33 bits per heavy atom. The van der Waals surface area contributed by atoms with Gasteiger partial charge in [0.1, 0.15) is 13.2 Å². The van der Waals surface area contributed by atoms with Gasteiger partial charge in [-0.3, -0.25) is 0 Å². The lowest BCUT2D eigenvalue weighted by molar-refractivity contribution is -0.139. The van der Waals surface area contributed by atoms with Gasteiger partial charge in [-0.05, 0) is 6.42 Å². The Balaban J connectivity index is 3.31. The Morgan fingerprint density at radius 2 is 1.73 bits per heavy atom. The van der Waals surface area contributed by atoms with Crippen molar-refractivity contribution < 1.29 is 23.8 Å². The molecule has 0 heterocycles. The van der Waals surface area contributed by atoms with Crippen LogP contribution in [0.1, 0.15) is 19.8 Å². The fraction of sp³-hybridized carbons (Fsp3) is 0.600. The van der Waals surface area contributed by atoms with Crippen molar-refractivity contribution in [2.24, 2.45) is 0 Å². The molecule has 0 bridgehead atoms. The van der Waals surface area contributed by atoms with E-state index in [1.54, 1.807) is 0 Å². The van der Waals surface area contributed by atoms with Gasteiger partial charge in [-0.1, -0.05) is 19.9 Å². The summed E-state index contributed by atoms with van der Waals surface area (Å²) in [7, 11) is 0. The van der Waals surface area contributed by atoms with Crippen molar-refractivity contribution in [2.75, 3.05) is 19.8 Å². The number of rotatable bonds is 7. The summed E-state index contributed by atoms with van der Waals surface area (Å²) in [6, 6.07) is 0. The van der Waals surface area contributed by atoms with Gasteiger partial charge in [0.05, 0.1) is 6.61 Å². The summed E-state index contributed by atoms with van der Waals surface area (Å²) in [6.07, 6.45) is 2.06. The van der Waals surface area contributed by atoms with Gasteiger partial charge >= 0.3 is 12.1 Å². The molecule has 0 saturated heterocycles. The maximum absolute atomic E-state index is 10.8. The summed E-state index contributed by atoms with van der Waals surface area (Å²) in [5.74, 6) is -0.544. The first-order valence-corrected chi connectivity index (χ1v) is 4.79. The van der Waals surface area contributed by atoms with Crippen molar-refractivity contribution in [3.05, 3.63) is 12.7 Å². The van der Waals surface area contributed by atoms with Crippen LogP contribution in [0.25, 0.3) is 0 Å². The minimum Gasteiger partial charge on any atom is -0.459 e. The Labute approximate surface area is 89.0 Å². The molecular weight excluding hydrogens is 200 g/mol. The Bertz CT molecular complexity index is 212. The number of hydrogen-bond acceptors (Lipinski definition) is 5. The quantitative estimate of drug-likeness (QED) is 0.368. The zero-order chi connectivity index (χ0) is 11.5. The normalized spacial score (nSPS) is 9.13. The first-order valence-electron chi connectivity index (χ1n) is 4.79. The second-order valence-electron chi connectivity index (χ2n) is 2.67. The molecule has 0 N–H and O–H groups in total. The average Bonchev–Trinajstić information content (AvgIpc) is 2.24. The van der Waals surface area contributed by atoms with Crippen molar-refractivity contribution >= 4 is 12.1 Å². The molecule has 0 rings (SSSR count). The second kappa shape index (κ2) is 9.05. The molecule has 5 nitrogen and oxygen atoms in total. The number of carbonyl (C=O) groups is 2. The Morgan fingerprint density at radius 1 is 1.13 bits per heavy atom. The van der Waals surface area contributed by atoms with Crippen LogP contribution in [0.3, 0.4) is 0 Å². The van der Waals surface area contributed by atoms with E-state index >= 15 is 0 Å². The zero-order valence-electron chi connectivity index (χ0n) is 8.86. The number of unbranched alkanes of at least 4 members (excludes halogenated alkanes) is 1. The molecule has 0 saturated carbocycles. The molecule has 0 aliphatic heterocycles. The standard InChI is InChI=1S/C10H16O5/c1-3-5-6-14-10(12)15-8-7-13-9(11)4-2/h4H,2-3,5-8H2,1H3. The first-order chi connectivity index (χ1) is 7.20. The van der Waals surface area contributed by atoms with Crippen molar-refractivity contribution in [3.63, 3.8) is 0 Å². The van der Waals surface area contributed by atoms with Gasteiger partial charge in [-0.25, -0.2) is 9.59 Å². The van der Waals surface area contributed by atoms with E-state index in [9.17, 15) is 9.59 Å². The lowest BCUT2D eigenvalue weighted by atomic mass is 10.4. The average molecular weight is 216 g/mol. The zero-order valence-corrected chi connectivity index (χ0v) is 8.86. The van der Waals surface area contributed by atoms with E-state index in [0.29, 0.717) is 6.61 Å². The van der Waals surface area contributed by atoms with Gasteiger partial charge in [0.25, 0.3) is 0 Å². The van der Waals surface area contributed by atoms with Crippen LogP contribution in [0, 0.1) is 0 Å². The minimum atomic E-state index is -0.738. The van der Waals surface area contributed by atoms with Crippen molar-refractivity contribution in [1.29, 1.82) is 0 Å². The number of ether oxygens (including phenoxy) is 3. The molecule has 5 heteroatoms. The Hall–Kier alpha value is -1.52. The van der Waals surface area contributed by atoms with Crippen LogP contribution in [0.2, 0.25) is 0 Å². The third-order valence-electron chi connectivity index (χ3n) is 1.43. The minimum absolute atomic E-state index is 0.00767. The molecule has 0 fully saturated rings. The lowest BCUT2D eigenvalue weighted by Crippen LogP contribution is -2.14. The molecule has 0 spiro atoms. The third-order valence-corrected chi connectivity index (χ3v) is 1.43. The Kier molecular flexibility index (Phi) is 8.13. The highest BCUT2D eigenvalue weighted by molar-refractivity contribution is 5.81. The van der Waals surface area contributed by atoms with Gasteiger partial charge in [0.15, 0.2) is 0 Å². The van der Waals surface area contributed by atoms with Crippen LogP contribution < -0.4 is 0 Å². The van der Waals surface area contributed by atoms with Crippen molar-refractivity contribution in [3.8, 4) is 0 Å². The highest BCUT2D eigenvalue weighted by atomic mass is 16.7. The van der Waals surface area contributed by atoms with Gasteiger partial charge in [-0.2, -0.15) is 0 Å². The number of esters is 1. The summed E-state index contributed by atoms with van der Waals surface area (Å²) in [5, 5.41) is 0. The first kappa shape index (κ1) is 13.5.